The number of nitrogens with one attached hydrogen (secondary N) is 1. The summed E-state index contributed by atoms with van der Waals surface area (Å²) in [7, 11) is 0. The number of hydrogen-bond acceptors (Lipinski definition) is 6. The summed E-state index contributed by atoms with van der Waals surface area (Å²) in [6.45, 7) is 3.54. The van der Waals surface area contributed by atoms with E-state index in [1.807, 2.05) is 13.0 Å². The molecule has 0 aliphatic carbocycles. The summed E-state index contributed by atoms with van der Waals surface area (Å²) >= 11 is 0. The highest BCUT2D eigenvalue weighted by Gasteiger charge is 2.49. The van der Waals surface area contributed by atoms with Crippen molar-refractivity contribution in [3.05, 3.63) is 69.8 Å². The molecule has 4 heterocycles. The van der Waals surface area contributed by atoms with Gasteiger partial charge in [-0.25, -0.2) is 9.78 Å². The Labute approximate surface area is 170 Å². The van der Waals surface area contributed by atoms with Gasteiger partial charge in [0.05, 0.1) is 12.2 Å². The van der Waals surface area contributed by atoms with Crippen LogP contribution >= 0.6 is 0 Å². The number of pyridine rings is 1. The molecule has 2 aliphatic rings. The van der Waals surface area contributed by atoms with Crippen molar-refractivity contribution in [1.29, 1.82) is 0 Å². The van der Waals surface area contributed by atoms with Gasteiger partial charge in [0.15, 0.2) is 11.5 Å². The fraction of sp³-hybridized carbons (Fsp3) is 0.238. The van der Waals surface area contributed by atoms with Crippen LogP contribution in [-0.4, -0.2) is 33.0 Å². The first-order valence-corrected chi connectivity index (χ1v) is 9.38. The minimum atomic E-state index is -1.26. The van der Waals surface area contributed by atoms with Crippen molar-refractivity contribution in [2.75, 3.05) is 6.79 Å². The summed E-state index contributed by atoms with van der Waals surface area (Å²) in [5, 5.41) is 2.75. The Hall–Kier alpha value is -3.88. The van der Waals surface area contributed by atoms with Crippen LogP contribution in [0.3, 0.4) is 0 Å². The molecule has 1 N–H and O–H groups in total. The molecule has 1 unspecified atom stereocenters. The average Bonchev–Trinajstić information content (AvgIpc) is 3.26. The number of amides is 3. The van der Waals surface area contributed by atoms with E-state index in [1.165, 1.54) is 10.5 Å². The minimum Gasteiger partial charge on any atom is -0.454 e. The lowest BCUT2D eigenvalue weighted by Gasteiger charge is -2.22. The van der Waals surface area contributed by atoms with Crippen molar-refractivity contribution in [2.24, 2.45) is 0 Å². The quantitative estimate of drug-likeness (QED) is 0.665. The lowest BCUT2D eigenvalue weighted by molar-refractivity contribution is -0.131. The summed E-state index contributed by atoms with van der Waals surface area (Å²) in [5.41, 5.74) is 0.785. The Kier molecular flexibility index (Phi) is 3.82. The standard InChI is InChI=1S/C21H18N4O5/c1-12-5-6-24-17(7-12)22-14(9-18(24)26)10-25-19(27)21(2,23-20(25)28)13-3-4-15-16(8-13)30-11-29-15/h3-9H,10-11H2,1-2H3,(H,23,28). The fourth-order valence-electron chi connectivity index (χ4n) is 3.74. The lowest BCUT2D eigenvalue weighted by Crippen LogP contribution is -2.40. The number of nitrogens with zero attached hydrogens (tertiary/aromatic N) is 3. The number of urea groups is 1. The van der Waals surface area contributed by atoms with Crippen molar-refractivity contribution in [2.45, 2.75) is 25.9 Å². The maximum absolute atomic E-state index is 13.2. The van der Waals surface area contributed by atoms with Gasteiger partial charge in [-0.3, -0.25) is 18.9 Å². The largest absolute Gasteiger partial charge is 0.454 e. The molecule has 0 bridgehead atoms. The highest BCUT2D eigenvalue weighted by molar-refractivity contribution is 6.07. The van der Waals surface area contributed by atoms with Crippen LogP contribution in [0.1, 0.15) is 23.7 Å². The SMILES string of the molecule is Cc1ccn2c(=O)cc(CN3C(=O)NC(C)(c4ccc5c(c4)OCO5)C3=O)nc2c1. The van der Waals surface area contributed by atoms with Gasteiger partial charge in [-0.05, 0) is 49.2 Å². The van der Waals surface area contributed by atoms with Crippen molar-refractivity contribution in [3.8, 4) is 11.5 Å². The maximum atomic E-state index is 13.2. The first kappa shape index (κ1) is 18.2. The van der Waals surface area contributed by atoms with Crippen LogP contribution in [0, 0.1) is 6.92 Å². The molecule has 9 heteroatoms. The molecule has 5 rings (SSSR count). The molecule has 9 nitrogen and oxygen atoms in total. The average molecular weight is 406 g/mol. The molecule has 2 aromatic heterocycles. The summed E-state index contributed by atoms with van der Waals surface area (Å²) in [6, 6.07) is 9.48. The molecule has 3 aromatic rings. The second-order valence-electron chi connectivity index (χ2n) is 7.53. The highest BCUT2D eigenvalue weighted by atomic mass is 16.7. The third-order valence-corrected chi connectivity index (χ3v) is 5.42. The van der Waals surface area contributed by atoms with Gasteiger partial charge in [-0.15, -0.1) is 0 Å². The van der Waals surface area contributed by atoms with Crippen molar-refractivity contribution < 1.29 is 19.1 Å². The monoisotopic (exact) mass is 406 g/mol. The molecule has 0 radical (unpaired) electrons. The third-order valence-electron chi connectivity index (χ3n) is 5.42. The predicted molar refractivity (Wildman–Crippen MR) is 105 cm³/mol. The maximum Gasteiger partial charge on any atom is 0.325 e. The molecular weight excluding hydrogens is 388 g/mol. The first-order valence-electron chi connectivity index (χ1n) is 9.38. The van der Waals surface area contributed by atoms with Gasteiger partial charge in [0.2, 0.25) is 6.79 Å². The van der Waals surface area contributed by atoms with Crippen LogP contribution in [0.5, 0.6) is 11.5 Å². The van der Waals surface area contributed by atoms with Crippen LogP contribution in [0.2, 0.25) is 0 Å². The topological polar surface area (TPSA) is 102 Å². The molecule has 30 heavy (non-hydrogen) atoms. The number of aryl methyl sites for hydroxylation is 1. The van der Waals surface area contributed by atoms with E-state index in [1.54, 1.807) is 37.4 Å². The van der Waals surface area contributed by atoms with Crippen molar-refractivity contribution in [1.82, 2.24) is 19.6 Å². The Morgan fingerprint density at radius 1 is 1.10 bits per heavy atom. The number of carbonyl (C=O) groups is 2. The second kappa shape index (κ2) is 6.31. The Bertz CT molecular complexity index is 1280. The lowest BCUT2D eigenvalue weighted by atomic mass is 9.91. The van der Waals surface area contributed by atoms with Gasteiger partial charge in [0, 0.05) is 12.3 Å². The van der Waals surface area contributed by atoms with E-state index in [0.717, 1.165) is 10.5 Å². The number of imide groups is 1. The smallest absolute Gasteiger partial charge is 0.325 e. The van der Waals surface area contributed by atoms with E-state index < -0.39 is 17.5 Å². The molecule has 3 amide bonds. The summed E-state index contributed by atoms with van der Waals surface area (Å²) in [6.07, 6.45) is 1.65. The van der Waals surface area contributed by atoms with Gasteiger partial charge in [0.25, 0.3) is 11.5 Å². The van der Waals surface area contributed by atoms with E-state index in [0.29, 0.717) is 28.4 Å². The van der Waals surface area contributed by atoms with E-state index in [-0.39, 0.29) is 18.9 Å². The fourth-order valence-corrected chi connectivity index (χ4v) is 3.74. The number of fused-ring (bicyclic) bond motifs is 2. The number of hydrogen-bond donors (Lipinski definition) is 1. The number of ether oxygens (including phenoxy) is 2. The molecule has 1 saturated heterocycles. The highest BCUT2D eigenvalue weighted by Crippen LogP contribution is 2.38. The Balaban J connectivity index is 1.48. The summed E-state index contributed by atoms with van der Waals surface area (Å²) in [5.74, 6) is 0.679. The third kappa shape index (κ3) is 2.70. The molecule has 1 fully saturated rings. The van der Waals surface area contributed by atoms with Gasteiger partial charge >= 0.3 is 6.03 Å². The molecule has 152 valence electrons. The first-order chi connectivity index (χ1) is 14.3. The van der Waals surface area contributed by atoms with E-state index in [9.17, 15) is 14.4 Å². The van der Waals surface area contributed by atoms with Gasteiger partial charge in [0.1, 0.15) is 11.2 Å². The normalized spacial score (nSPS) is 20.1. The van der Waals surface area contributed by atoms with Crippen LogP contribution in [0.4, 0.5) is 4.79 Å². The molecular formula is C21H18N4O5. The number of benzene rings is 1. The molecule has 0 saturated carbocycles. The zero-order chi connectivity index (χ0) is 21.0. The van der Waals surface area contributed by atoms with Crippen LogP contribution in [-0.2, 0) is 16.9 Å². The predicted octanol–water partition coefficient (Wildman–Crippen LogP) is 1.70. The molecule has 1 aromatic carbocycles. The van der Waals surface area contributed by atoms with Gasteiger partial charge in [-0.2, -0.15) is 0 Å². The van der Waals surface area contributed by atoms with Crippen molar-refractivity contribution >= 4 is 17.6 Å². The van der Waals surface area contributed by atoms with E-state index in [2.05, 4.69) is 10.3 Å². The van der Waals surface area contributed by atoms with Crippen molar-refractivity contribution in [3.63, 3.8) is 0 Å². The molecule has 0 spiro atoms. The zero-order valence-corrected chi connectivity index (χ0v) is 16.3. The molecule has 1 atom stereocenters. The minimum absolute atomic E-state index is 0.107. The summed E-state index contributed by atoms with van der Waals surface area (Å²) in [4.78, 5) is 43.8. The Morgan fingerprint density at radius 3 is 2.73 bits per heavy atom. The number of rotatable bonds is 3. The number of aromatic nitrogens is 2. The summed E-state index contributed by atoms with van der Waals surface area (Å²) < 4.78 is 12.1. The van der Waals surface area contributed by atoms with E-state index >= 15 is 0 Å². The van der Waals surface area contributed by atoms with Crippen LogP contribution in [0.25, 0.3) is 5.65 Å². The molecule has 2 aliphatic heterocycles. The van der Waals surface area contributed by atoms with Gasteiger partial charge in [-0.1, -0.05) is 6.07 Å². The van der Waals surface area contributed by atoms with E-state index in [4.69, 9.17) is 9.47 Å². The van der Waals surface area contributed by atoms with Gasteiger partial charge < -0.3 is 14.8 Å². The second-order valence-corrected chi connectivity index (χ2v) is 7.53. The van der Waals surface area contributed by atoms with Crippen LogP contribution in [0.15, 0.2) is 47.4 Å². The Morgan fingerprint density at radius 2 is 1.90 bits per heavy atom. The van der Waals surface area contributed by atoms with Crippen LogP contribution < -0.4 is 20.3 Å². The number of carbonyl (C=O) groups excluding carboxylic acids is 2. The zero-order valence-electron chi connectivity index (χ0n) is 16.3.